The molecule has 2 amide bonds. The average molecular weight is 376 g/mol. The Morgan fingerprint density at radius 3 is 2.74 bits per heavy atom. The van der Waals surface area contributed by atoms with Gasteiger partial charge in [-0.2, -0.15) is 0 Å². The van der Waals surface area contributed by atoms with Gasteiger partial charge in [-0.3, -0.25) is 14.4 Å². The lowest BCUT2D eigenvalue weighted by Crippen LogP contribution is -2.56. The van der Waals surface area contributed by atoms with Crippen LogP contribution in [0.2, 0.25) is 0 Å². The highest BCUT2D eigenvalue weighted by Gasteiger charge is 2.71. The van der Waals surface area contributed by atoms with Crippen LogP contribution in [0.4, 0.5) is 0 Å². The molecule has 8 nitrogen and oxygen atoms in total. The molecule has 4 aliphatic rings. The second-order valence-corrected chi connectivity index (χ2v) is 7.64. The molecule has 1 spiro atoms. The normalized spacial score (nSPS) is 37.9. The van der Waals surface area contributed by atoms with Gasteiger partial charge in [0.05, 0.1) is 18.6 Å². The molecule has 0 aromatic carbocycles. The van der Waals surface area contributed by atoms with Crippen molar-refractivity contribution in [3.8, 4) is 0 Å². The van der Waals surface area contributed by atoms with Gasteiger partial charge in [-0.25, -0.2) is 0 Å². The van der Waals surface area contributed by atoms with E-state index in [-0.39, 0.29) is 37.6 Å². The number of carbonyl (C=O) groups excluding carboxylic acids is 3. The van der Waals surface area contributed by atoms with Gasteiger partial charge in [0, 0.05) is 19.1 Å². The zero-order chi connectivity index (χ0) is 19.3. The molecule has 0 saturated carbocycles. The highest BCUT2D eigenvalue weighted by Crippen LogP contribution is 2.53. The number of amides is 2. The summed E-state index contributed by atoms with van der Waals surface area (Å²) >= 11 is 0. The lowest BCUT2D eigenvalue weighted by atomic mass is 9.78. The fraction of sp³-hybridized carbons (Fsp3) is 0.632. The van der Waals surface area contributed by atoms with Crippen LogP contribution in [0.25, 0.3) is 0 Å². The van der Waals surface area contributed by atoms with E-state index in [1.807, 2.05) is 19.9 Å². The molecule has 146 valence electrons. The third kappa shape index (κ3) is 2.46. The molecule has 0 radical (unpaired) electrons. The maximum absolute atomic E-state index is 13.4. The van der Waals surface area contributed by atoms with Crippen molar-refractivity contribution >= 4 is 17.8 Å². The number of ether oxygens (including phenoxy) is 2. The summed E-state index contributed by atoms with van der Waals surface area (Å²) < 4.78 is 11.5. The summed E-state index contributed by atoms with van der Waals surface area (Å²) in [6.07, 6.45) is 6.44. The van der Waals surface area contributed by atoms with Crippen LogP contribution >= 0.6 is 0 Å². The lowest BCUT2D eigenvalue weighted by molar-refractivity contribution is -0.153. The van der Waals surface area contributed by atoms with Gasteiger partial charge in [-0.1, -0.05) is 18.2 Å². The number of hydrogen-bond acceptors (Lipinski definition) is 6. The van der Waals surface area contributed by atoms with Crippen molar-refractivity contribution in [1.29, 1.82) is 0 Å². The minimum Gasteiger partial charge on any atom is -0.461 e. The molecule has 8 heteroatoms. The van der Waals surface area contributed by atoms with Crippen molar-refractivity contribution in [2.24, 2.45) is 11.8 Å². The summed E-state index contributed by atoms with van der Waals surface area (Å²) in [6.45, 7) is 4.10. The predicted octanol–water partition coefficient (Wildman–Crippen LogP) is -0.521. The highest BCUT2D eigenvalue weighted by atomic mass is 16.6. The number of cyclic esters (lactones) is 1. The van der Waals surface area contributed by atoms with Crippen LogP contribution < -0.4 is 0 Å². The Balaban J connectivity index is 1.85. The monoisotopic (exact) mass is 376 g/mol. The number of esters is 1. The van der Waals surface area contributed by atoms with Gasteiger partial charge in [0.2, 0.25) is 11.8 Å². The number of rotatable bonds is 3. The number of aliphatic hydroxyl groups is 1. The first-order valence-electron chi connectivity index (χ1n) is 9.33. The molecular formula is C19H24N2O6. The van der Waals surface area contributed by atoms with E-state index in [0.717, 1.165) is 0 Å². The first-order valence-corrected chi connectivity index (χ1v) is 9.33. The van der Waals surface area contributed by atoms with E-state index in [2.05, 4.69) is 0 Å². The van der Waals surface area contributed by atoms with Crippen LogP contribution in [0, 0.1) is 11.8 Å². The first-order chi connectivity index (χ1) is 12.9. The second-order valence-electron chi connectivity index (χ2n) is 7.64. The summed E-state index contributed by atoms with van der Waals surface area (Å²) in [5, 5.41) is 9.48. The Kier molecular flexibility index (Phi) is 4.35. The minimum atomic E-state index is -1.23. The number of hydrogen-bond donors (Lipinski definition) is 1. The van der Waals surface area contributed by atoms with Crippen LogP contribution in [0.15, 0.2) is 24.3 Å². The zero-order valence-electron chi connectivity index (χ0n) is 15.4. The van der Waals surface area contributed by atoms with Gasteiger partial charge in [0.25, 0.3) is 0 Å². The molecule has 2 fully saturated rings. The molecule has 4 rings (SSSR count). The zero-order valence-corrected chi connectivity index (χ0v) is 15.4. The topological polar surface area (TPSA) is 96.4 Å². The number of nitrogens with zero attached hydrogens (tertiary/aromatic N) is 2. The van der Waals surface area contributed by atoms with Crippen LogP contribution in [0.5, 0.6) is 0 Å². The Labute approximate surface area is 157 Å². The fourth-order valence-electron chi connectivity index (χ4n) is 4.80. The summed E-state index contributed by atoms with van der Waals surface area (Å²) in [5.74, 6) is -2.71. The first kappa shape index (κ1) is 18.2. The molecule has 4 heterocycles. The van der Waals surface area contributed by atoms with Crippen molar-refractivity contribution in [3.05, 3.63) is 24.3 Å². The third-order valence-electron chi connectivity index (χ3n) is 5.91. The van der Waals surface area contributed by atoms with Gasteiger partial charge in [0.15, 0.2) is 0 Å². The lowest BCUT2D eigenvalue weighted by Gasteiger charge is -2.36. The number of β-amino-alcohol motifs (C(OH)–C–C–N with tert-alkyl or cyclic N) is 1. The average Bonchev–Trinajstić information content (AvgIpc) is 2.90. The molecule has 0 bridgehead atoms. The second kappa shape index (κ2) is 6.45. The van der Waals surface area contributed by atoms with Gasteiger partial charge in [0.1, 0.15) is 24.2 Å². The maximum Gasteiger partial charge on any atom is 0.313 e. The molecule has 0 aromatic rings. The molecule has 0 aromatic heterocycles. The van der Waals surface area contributed by atoms with E-state index in [4.69, 9.17) is 9.47 Å². The Hall–Kier alpha value is -2.19. The van der Waals surface area contributed by atoms with Gasteiger partial charge < -0.3 is 24.4 Å². The van der Waals surface area contributed by atoms with Crippen molar-refractivity contribution in [2.45, 2.75) is 37.6 Å². The molecule has 2 saturated heterocycles. The largest absolute Gasteiger partial charge is 0.461 e. The number of fused-ring (bicyclic) bond motifs is 2. The van der Waals surface area contributed by atoms with Crippen molar-refractivity contribution in [3.63, 3.8) is 0 Å². The van der Waals surface area contributed by atoms with Crippen LogP contribution in [-0.2, 0) is 23.9 Å². The van der Waals surface area contributed by atoms with E-state index >= 15 is 0 Å². The Morgan fingerprint density at radius 2 is 2.04 bits per heavy atom. The standard InChI is InChI=1S/C19H24N2O6/c1-11(2)20-7-4-6-19-14(13-12(27-19)5-3-10-26-18(13)25)16(23)21(8-9-22)15(19)17(20)24/h3-6,11-15,22H,7-10H2,1-2H3/t12-,13+,14-,15?,19-/m0/s1. The van der Waals surface area contributed by atoms with Crippen LogP contribution in [-0.4, -0.2) is 82.8 Å². The molecule has 0 aliphatic carbocycles. The van der Waals surface area contributed by atoms with Crippen LogP contribution in [0.3, 0.4) is 0 Å². The predicted molar refractivity (Wildman–Crippen MR) is 93.3 cm³/mol. The van der Waals surface area contributed by atoms with Gasteiger partial charge in [-0.15, -0.1) is 0 Å². The van der Waals surface area contributed by atoms with E-state index in [9.17, 15) is 19.5 Å². The van der Waals surface area contributed by atoms with Crippen LogP contribution in [0.1, 0.15) is 13.8 Å². The molecular weight excluding hydrogens is 352 g/mol. The quantitative estimate of drug-likeness (QED) is 0.526. The smallest absolute Gasteiger partial charge is 0.313 e. The van der Waals surface area contributed by atoms with Gasteiger partial charge in [-0.05, 0) is 19.9 Å². The summed E-state index contributed by atoms with van der Waals surface area (Å²) in [4.78, 5) is 42.3. The summed E-state index contributed by atoms with van der Waals surface area (Å²) in [5.41, 5.74) is -1.23. The third-order valence-corrected chi connectivity index (χ3v) is 5.91. The molecule has 27 heavy (non-hydrogen) atoms. The van der Waals surface area contributed by atoms with E-state index in [1.54, 1.807) is 23.1 Å². The summed E-state index contributed by atoms with van der Waals surface area (Å²) in [7, 11) is 0. The van der Waals surface area contributed by atoms with Crippen molar-refractivity contribution in [2.75, 3.05) is 26.3 Å². The van der Waals surface area contributed by atoms with E-state index in [1.165, 1.54) is 4.90 Å². The molecule has 1 N–H and O–H groups in total. The minimum absolute atomic E-state index is 0.0128. The maximum atomic E-state index is 13.4. The molecule has 4 aliphatic heterocycles. The highest BCUT2D eigenvalue weighted by molar-refractivity contribution is 5.99. The van der Waals surface area contributed by atoms with E-state index in [0.29, 0.717) is 6.54 Å². The molecule has 1 unspecified atom stereocenters. The SMILES string of the molecule is CC(C)N1CC=C[C@]23O[C@H]4C=CCOC(=O)[C@H]4[C@H]2C(=O)N(CCO)C3C1=O. The summed E-state index contributed by atoms with van der Waals surface area (Å²) in [6, 6.07) is -0.962. The number of carbonyl (C=O) groups is 3. The Bertz CT molecular complexity index is 732. The van der Waals surface area contributed by atoms with Crippen molar-refractivity contribution < 1.29 is 29.0 Å². The van der Waals surface area contributed by atoms with Gasteiger partial charge >= 0.3 is 5.97 Å². The fourth-order valence-corrected chi connectivity index (χ4v) is 4.80. The van der Waals surface area contributed by atoms with E-state index < -0.39 is 35.6 Å². The number of likely N-dealkylation sites (tertiary alicyclic amines) is 1. The van der Waals surface area contributed by atoms with Crippen molar-refractivity contribution in [1.82, 2.24) is 9.80 Å². The number of aliphatic hydroxyl groups excluding tert-OH is 1. The Morgan fingerprint density at radius 1 is 1.26 bits per heavy atom. The molecule has 5 atom stereocenters.